The highest BCUT2D eigenvalue weighted by molar-refractivity contribution is 9.10. The Hall–Kier alpha value is -0.390. The summed E-state index contributed by atoms with van der Waals surface area (Å²) in [5.74, 6) is -0.646. The van der Waals surface area contributed by atoms with E-state index in [1.807, 2.05) is 13.0 Å². The minimum Gasteiger partial charge on any atom is -0.481 e. The van der Waals surface area contributed by atoms with Gasteiger partial charge in [0.05, 0.1) is 5.41 Å². The first-order chi connectivity index (χ1) is 8.07. The zero-order chi connectivity index (χ0) is 12.5. The second-order valence-electron chi connectivity index (χ2n) is 4.59. The van der Waals surface area contributed by atoms with Crippen LogP contribution in [-0.2, 0) is 11.3 Å². The SMILES string of the molecule is CCC1(C(=O)O)CCN(Cc2sccc2Br)C1. The average Bonchev–Trinajstić information content (AvgIpc) is 2.88. The predicted molar refractivity (Wildman–Crippen MR) is 72.3 cm³/mol. The van der Waals surface area contributed by atoms with Crippen LogP contribution in [0.4, 0.5) is 0 Å². The first kappa shape index (κ1) is 13.1. The van der Waals surface area contributed by atoms with Crippen molar-refractivity contribution in [2.75, 3.05) is 13.1 Å². The molecular formula is C12H16BrNO2S. The van der Waals surface area contributed by atoms with Crippen molar-refractivity contribution in [2.45, 2.75) is 26.3 Å². The van der Waals surface area contributed by atoms with Gasteiger partial charge in [-0.2, -0.15) is 0 Å². The van der Waals surface area contributed by atoms with E-state index in [0.29, 0.717) is 13.0 Å². The van der Waals surface area contributed by atoms with Gasteiger partial charge in [0, 0.05) is 22.4 Å². The molecule has 0 amide bonds. The second-order valence-corrected chi connectivity index (χ2v) is 6.45. The average molecular weight is 318 g/mol. The number of thiophene rings is 1. The highest BCUT2D eigenvalue weighted by Gasteiger charge is 2.43. The third-order valence-corrected chi connectivity index (χ3v) is 5.53. The molecule has 0 spiro atoms. The Bertz CT molecular complexity index is 420. The van der Waals surface area contributed by atoms with Crippen LogP contribution in [0.3, 0.4) is 0 Å². The van der Waals surface area contributed by atoms with Crippen LogP contribution < -0.4 is 0 Å². The Morgan fingerprint density at radius 3 is 2.94 bits per heavy atom. The molecule has 2 heterocycles. The number of carbonyl (C=O) groups is 1. The number of aliphatic carboxylic acids is 1. The fourth-order valence-corrected chi connectivity index (χ4v) is 3.87. The molecule has 1 saturated heterocycles. The molecule has 1 unspecified atom stereocenters. The smallest absolute Gasteiger partial charge is 0.310 e. The van der Waals surface area contributed by atoms with Gasteiger partial charge in [0.1, 0.15) is 0 Å². The Morgan fingerprint density at radius 2 is 2.47 bits per heavy atom. The molecule has 2 rings (SSSR count). The van der Waals surface area contributed by atoms with Crippen molar-refractivity contribution < 1.29 is 9.90 Å². The van der Waals surface area contributed by atoms with Crippen LogP contribution >= 0.6 is 27.3 Å². The van der Waals surface area contributed by atoms with E-state index < -0.39 is 11.4 Å². The molecule has 17 heavy (non-hydrogen) atoms. The Kier molecular flexibility index (Phi) is 3.90. The molecule has 0 bridgehead atoms. The zero-order valence-corrected chi connectivity index (χ0v) is 12.2. The molecule has 0 aliphatic carbocycles. The van der Waals surface area contributed by atoms with Crippen molar-refractivity contribution in [2.24, 2.45) is 5.41 Å². The van der Waals surface area contributed by atoms with Gasteiger partial charge in [0.25, 0.3) is 0 Å². The fraction of sp³-hybridized carbons (Fsp3) is 0.583. The van der Waals surface area contributed by atoms with Crippen LogP contribution in [0.15, 0.2) is 15.9 Å². The summed E-state index contributed by atoms with van der Waals surface area (Å²) in [5, 5.41) is 11.4. The lowest BCUT2D eigenvalue weighted by Gasteiger charge is -2.22. The standard InChI is InChI=1S/C12H16BrNO2S/c1-2-12(11(15)16)4-5-14(8-12)7-10-9(13)3-6-17-10/h3,6H,2,4-5,7-8H2,1H3,(H,15,16). The summed E-state index contributed by atoms with van der Waals surface area (Å²) >= 11 is 5.23. The first-order valence-corrected chi connectivity index (χ1v) is 7.42. The molecule has 1 N–H and O–H groups in total. The second kappa shape index (κ2) is 5.08. The number of hydrogen-bond acceptors (Lipinski definition) is 3. The maximum Gasteiger partial charge on any atom is 0.310 e. The molecule has 1 aromatic rings. The molecule has 5 heteroatoms. The molecule has 1 atom stereocenters. The van der Waals surface area contributed by atoms with Gasteiger partial charge in [-0.15, -0.1) is 11.3 Å². The quantitative estimate of drug-likeness (QED) is 0.927. The molecule has 0 aromatic carbocycles. The number of halogens is 1. The monoisotopic (exact) mass is 317 g/mol. The number of rotatable bonds is 4. The van der Waals surface area contributed by atoms with E-state index in [1.54, 1.807) is 11.3 Å². The third-order valence-electron chi connectivity index (χ3n) is 3.62. The topological polar surface area (TPSA) is 40.5 Å². The van der Waals surface area contributed by atoms with Crippen molar-refractivity contribution in [1.82, 2.24) is 4.90 Å². The van der Waals surface area contributed by atoms with E-state index in [2.05, 4.69) is 26.2 Å². The minimum atomic E-state index is -0.646. The lowest BCUT2D eigenvalue weighted by Crippen LogP contribution is -2.33. The van der Waals surface area contributed by atoms with Gasteiger partial charge >= 0.3 is 5.97 Å². The lowest BCUT2D eigenvalue weighted by atomic mass is 9.84. The molecule has 3 nitrogen and oxygen atoms in total. The Morgan fingerprint density at radius 1 is 1.71 bits per heavy atom. The number of carboxylic acids is 1. The van der Waals surface area contributed by atoms with E-state index in [-0.39, 0.29) is 0 Å². The largest absolute Gasteiger partial charge is 0.481 e. The molecule has 0 saturated carbocycles. The van der Waals surface area contributed by atoms with Crippen LogP contribution in [0.2, 0.25) is 0 Å². The fourth-order valence-electron chi connectivity index (χ4n) is 2.35. The van der Waals surface area contributed by atoms with Crippen LogP contribution in [0.25, 0.3) is 0 Å². The summed E-state index contributed by atoms with van der Waals surface area (Å²) in [6, 6.07) is 2.04. The summed E-state index contributed by atoms with van der Waals surface area (Å²) in [6.07, 6.45) is 1.48. The van der Waals surface area contributed by atoms with Crippen molar-refractivity contribution in [3.05, 3.63) is 20.8 Å². The van der Waals surface area contributed by atoms with E-state index in [0.717, 1.165) is 24.0 Å². The van der Waals surface area contributed by atoms with Crippen molar-refractivity contribution in [1.29, 1.82) is 0 Å². The molecule has 1 aliphatic heterocycles. The number of carboxylic acid groups (broad SMARTS) is 1. The molecule has 1 aliphatic rings. The van der Waals surface area contributed by atoms with Crippen molar-refractivity contribution in [3.8, 4) is 0 Å². The van der Waals surface area contributed by atoms with Crippen LogP contribution in [0.5, 0.6) is 0 Å². The van der Waals surface area contributed by atoms with Gasteiger partial charge < -0.3 is 5.11 Å². The normalized spacial score (nSPS) is 25.3. The maximum absolute atomic E-state index is 11.3. The van der Waals surface area contributed by atoms with E-state index in [9.17, 15) is 9.90 Å². The van der Waals surface area contributed by atoms with Gasteiger partial charge in [0.15, 0.2) is 0 Å². The first-order valence-electron chi connectivity index (χ1n) is 5.75. The van der Waals surface area contributed by atoms with Crippen LogP contribution in [-0.4, -0.2) is 29.1 Å². The molecule has 1 fully saturated rings. The van der Waals surface area contributed by atoms with Crippen LogP contribution in [0.1, 0.15) is 24.6 Å². The summed E-state index contributed by atoms with van der Waals surface area (Å²) in [6.45, 7) is 4.37. The number of likely N-dealkylation sites (tertiary alicyclic amines) is 1. The highest BCUT2D eigenvalue weighted by atomic mass is 79.9. The van der Waals surface area contributed by atoms with Gasteiger partial charge in [-0.05, 0) is 46.8 Å². The molecule has 1 aromatic heterocycles. The molecule has 94 valence electrons. The number of hydrogen-bond donors (Lipinski definition) is 1. The lowest BCUT2D eigenvalue weighted by molar-refractivity contribution is -0.148. The van der Waals surface area contributed by atoms with Gasteiger partial charge in [-0.3, -0.25) is 9.69 Å². The Balaban J connectivity index is 2.03. The molecular weight excluding hydrogens is 302 g/mol. The predicted octanol–water partition coefficient (Wildman–Crippen LogP) is 3.20. The zero-order valence-electron chi connectivity index (χ0n) is 9.78. The summed E-state index contributed by atoms with van der Waals surface area (Å²) in [7, 11) is 0. The third kappa shape index (κ3) is 2.56. The van der Waals surface area contributed by atoms with Crippen molar-refractivity contribution in [3.63, 3.8) is 0 Å². The van der Waals surface area contributed by atoms with Crippen molar-refractivity contribution >= 4 is 33.2 Å². The summed E-state index contributed by atoms with van der Waals surface area (Å²) < 4.78 is 1.13. The summed E-state index contributed by atoms with van der Waals surface area (Å²) in [5.41, 5.74) is -0.524. The van der Waals surface area contributed by atoms with E-state index in [1.165, 1.54) is 4.88 Å². The minimum absolute atomic E-state index is 0.524. The highest BCUT2D eigenvalue weighted by Crippen LogP contribution is 2.36. The number of nitrogens with zero attached hydrogens (tertiary/aromatic N) is 1. The van der Waals surface area contributed by atoms with Gasteiger partial charge in [-0.1, -0.05) is 6.92 Å². The molecule has 0 radical (unpaired) electrons. The van der Waals surface area contributed by atoms with E-state index >= 15 is 0 Å². The Labute approximate surface area is 114 Å². The summed E-state index contributed by atoms with van der Waals surface area (Å²) in [4.78, 5) is 14.9. The van der Waals surface area contributed by atoms with Gasteiger partial charge in [0.2, 0.25) is 0 Å². The van der Waals surface area contributed by atoms with Crippen LogP contribution in [0, 0.1) is 5.41 Å². The van der Waals surface area contributed by atoms with Gasteiger partial charge in [-0.25, -0.2) is 0 Å². The maximum atomic E-state index is 11.3. The van der Waals surface area contributed by atoms with E-state index in [4.69, 9.17) is 0 Å².